The minimum atomic E-state index is -0.417. The number of aliphatic hydroxyl groups excluding tert-OH is 1. The van der Waals surface area contributed by atoms with Crippen molar-refractivity contribution < 1.29 is 5.11 Å². The van der Waals surface area contributed by atoms with Gasteiger partial charge in [-0.05, 0) is 19.1 Å². The van der Waals surface area contributed by atoms with Crippen LogP contribution in [0.3, 0.4) is 0 Å². The molecule has 0 bridgehead atoms. The van der Waals surface area contributed by atoms with E-state index in [9.17, 15) is 5.11 Å². The number of rotatable bonds is 3. The maximum Gasteiger partial charge on any atom is 0.0631 e. The van der Waals surface area contributed by atoms with Crippen LogP contribution >= 0.6 is 35.0 Å². The van der Waals surface area contributed by atoms with Gasteiger partial charge in [0.25, 0.3) is 0 Å². The van der Waals surface area contributed by atoms with Crippen LogP contribution in [0.15, 0.2) is 17.0 Å². The number of anilines is 1. The van der Waals surface area contributed by atoms with E-state index in [0.717, 1.165) is 4.90 Å². The van der Waals surface area contributed by atoms with Gasteiger partial charge in [-0.2, -0.15) is 0 Å². The van der Waals surface area contributed by atoms with Crippen LogP contribution in [0.4, 0.5) is 5.69 Å². The van der Waals surface area contributed by atoms with Gasteiger partial charge in [0.15, 0.2) is 0 Å². The Kier molecular flexibility index (Phi) is 4.59. The Morgan fingerprint density at radius 2 is 1.73 bits per heavy atom. The van der Waals surface area contributed by atoms with Crippen LogP contribution in [0.1, 0.15) is 13.8 Å². The maximum absolute atomic E-state index is 9.39. The first kappa shape index (κ1) is 13.0. The molecule has 0 aliphatic heterocycles. The summed E-state index contributed by atoms with van der Waals surface area (Å²) < 4.78 is 0. The van der Waals surface area contributed by atoms with Crippen LogP contribution in [0, 0.1) is 0 Å². The third kappa shape index (κ3) is 3.45. The van der Waals surface area contributed by atoms with Crippen LogP contribution in [-0.2, 0) is 0 Å². The fourth-order valence-electron chi connectivity index (χ4n) is 0.976. The molecule has 84 valence electrons. The lowest BCUT2D eigenvalue weighted by atomic mass is 10.3. The van der Waals surface area contributed by atoms with E-state index >= 15 is 0 Å². The summed E-state index contributed by atoms with van der Waals surface area (Å²) in [5.74, 6) is 0. The van der Waals surface area contributed by atoms with Crippen LogP contribution < -0.4 is 5.73 Å². The van der Waals surface area contributed by atoms with Gasteiger partial charge >= 0.3 is 0 Å². The van der Waals surface area contributed by atoms with Crippen LogP contribution in [-0.4, -0.2) is 16.5 Å². The van der Waals surface area contributed by atoms with E-state index in [2.05, 4.69) is 0 Å². The summed E-state index contributed by atoms with van der Waals surface area (Å²) in [5.41, 5.74) is 6.13. The quantitative estimate of drug-likeness (QED) is 0.650. The normalized spacial score (nSPS) is 15.0. The third-order valence-electron chi connectivity index (χ3n) is 2.00. The second-order valence-corrected chi connectivity index (χ2v) is 5.58. The van der Waals surface area contributed by atoms with Crippen molar-refractivity contribution in [3.05, 3.63) is 22.2 Å². The van der Waals surface area contributed by atoms with Gasteiger partial charge in [0, 0.05) is 15.8 Å². The fraction of sp³-hybridized carbons (Fsp3) is 0.400. The number of hydrogen-bond acceptors (Lipinski definition) is 3. The average Bonchev–Trinajstić information content (AvgIpc) is 2.10. The van der Waals surface area contributed by atoms with Crippen molar-refractivity contribution in [3.8, 4) is 0 Å². The van der Waals surface area contributed by atoms with Crippen LogP contribution in [0.25, 0.3) is 0 Å². The minimum Gasteiger partial charge on any atom is -0.399 e. The number of aliphatic hydroxyl groups is 1. The van der Waals surface area contributed by atoms with Gasteiger partial charge in [0.05, 0.1) is 16.1 Å². The molecular weight excluding hydrogens is 253 g/mol. The topological polar surface area (TPSA) is 46.2 Å². The van der Waals surface area contributed by atoms with E-state index in [0.29, 0.717) is 15.7 Å². The molecule has 0 spiro atoms. The van der Waals surface area contributed by atoms with Crippen molar-refractivity contribution in [1.82, 2.24) is 0 Å². The molecule has 2 nitrogen and oxygen atoms in total. The highest BCUT2D eigenvalue weighted by atomic mass is 35.5. The molecule has 0 heterocycles. The van der Waals surface area contributed by atoms with Crippen LogP contribution in [0.5, 0.6) is 0 Å². The maximum atomic E-state index is 9.39. The Balaban J connectivity index is 2.95. The summed E-state index contributed by atoms with van der Waals surface area (Å²) in [6.07, 6.45) is -0.417. The Hall–Kier alpha value is -0.0900. The Morgan fingerprint density at radius 3 is 2.13 bits per heavy atom. The summed E-state index contributed by atoms with van der Waals surface area (Å²) >= 11 is 13.5. The molecule has 0 aliphatic rings. The zero-order valence-corrected chi connectivity index (χ0v) is 10.8. The second-order valence-electron chi connectivity index (χ2n) is 3.38. The molecule has 3 N–H and O–H groups in total. The Labute approximate surface area is 104 Å². The molecule has 0 amide bonds. The standard InChI is InChI=1S/C10H13Cl2NOS/c1-5(14)6(2)15-10-8(11)3-7(13)4-9(10)12/h3-6,14H,13H2,1-2H3. The molecule has 0 saturated heterocycles. The zero-order chi connectivity index (χ0) is 11.6. The molecule has 0 radical (unpaired) electrons. The lowest BCUT2D eigenvalue weighted by molar-refractivity contribution is 0.196. The molecule has 5 heteroatoms. The van der Waals surface area contributed by atoms with E-state index in [-0.39, 0.29) is 5.25 Å². The minimum absolute atomic E-state index is 0.0311. The summed E-state index contributed by atoms with van der Waals surface area (Å²) in [5, 5.41) is 10.5. The number of nitrogen functional groups attached to an aromatic ring is 1. The van der Waals surface area contributed by atoms with E-state index in [1.165, 1.54) is 11.8 Å². The number of hydrogen-bond donors (Lipinski definition) is 2. The van der Waals surface area contributed by atoms with Gasteiger partial charge in [0.2, 0.25) is 0 Å². The van der Waals surface area contributed by atoms with Gasteiger partial charge in [-0.25, -0.2) is 0 Å². The van der Waals surface area contributed by atoms with Crippen molar-refractivity contribution in [3.63, 3.8) is 0 Å². The number of thioether (sulfide) groups is 1. The number of benzene rings is 1. The molecule has 0 saturated carbocycles. The molecule has 15 heavy (non-hydrogen) atoms. The van der Waals surface area contributed by atoms with E-state index in [1.807, 2.05) is 6.92 Å². The molecule has 1 aromatic rings. The van der Waals surface area contributed by atoms with Crippen molar-refractivity contribution in [2.75, 3.05) is 5.73 Å². The third-order valence-corrected chi connectivity index (χ3v) is 4.27. The summed E-state index contributed by atoms with van der Waals surface area (Å²) in [7, 11) is 0. The lowest BCUT2D eigenvalue weighted by Gasteiger charge is -2.16. The van der Waals surface area contributed by atoms with Crippen molar-refractivity contribution in [2.24, 2.45) is 0 Å². The Morgan fingerprint density at radius 1 is 1.27 bits per heavy atom. The molecule has 0 aliphatic carbocycles. The highest BCUT2D eigenvalue weighted by Crippen LogP contribution is 2.38. The molecule has 2 atom stereocenters. The van der Waals surface area contributed by atoms with Gasteiger partial charge in [-0.15, -0.1) is 11.8 Å². The number of nitrogens with two attached hydrogens (primary N) is 1. The van der Waals surface area contributed by atoms with E-state index in [1.54, 1.807) is 19.1 Å². The monoisotopic (exact) mass is 265 g/mol. The first-order valence-corrected chi connectivity index (χ1v) is 6.14. The Bertz CT molecular complexity index is 334. The van der Waals surface area contributed by atoms with Crippen molar-refractivity contribution >= 4 is 40.7 Å². The SMILES string of the molecule is CC(O)C(C)Sc1c(Cl)cc(N)cc1Cl. The summed E-state index contributed by atoms with van der Waals surface area (Å²) in [4.78, 5) is 0.765. The average molecular weight is 266 g/mol. The van der Waals surface area contributed by atoms with Crippen molar-refractivity contribution in [1.29, 1.82) is 0 Å². The molecule has 0 fully saturated rings. The van der Waals surface area contributed by atoms with E-state index in [4.69, 9.17) is 28.9 Å². The lowest BCUT2D eigenvalue weighted by Crippen LogP contribution is -2.15. The highest BCUT2D eigenvalue weighted by Gasteiger charge is 2.15. The summed E-state index contributed by atoms with van der Waals surface area (Å²) in [6.45, 7) is 3.65. The molecular formula is C10H13Cl2NOS. The zero-order valence-electron chi connectivity index (χ0n) is 8.50. The van der Waals surface area contributed by atoms with Crippen molar-refractivity contribution in [2.45, 2.75) is 30.1 Å². The molecule has 2 unspecified atom stereocenters. The van der Waals surface area contributed by atoms with Crippen LogP contribution in [0.2, 0.25) is 10.0 Å². The molecule has 1 aromatic carbocycles. The van der Waals surface area contributed by atoms with Gasteiger partial charge in [-0.1, -0.05) is 30.1 Å². The second kappa shape index (κ2) is 5.30. The first-order valence-electron chi connectivity index (χ1n) is 4.51. The molecule has 0 aromatic heterocycles. The highest BCUT2D eigenvalue weighted by molar-refractivity contribution is 8.00. The van der Waals surface area contributed by atoms with E-state index < -0.39 is 6.10 Å². The predicted octanol–water partition coefficient (Wildman–Crippen LogP) is 3.44. The van der Waals surface area contributed by atoms with Gasteiger partial charge < -0.3 is 10.8 Å². The summed E-state index contributed by atoms with van der Waals surface area (Å²) in [6, 6.07) is 3.31. The number of halogens is 2. The molecule has 1 rings (SSSR count). The van der Waals surface area contributed by atoms with Gasteiger partial charge in [-0.3, -0.25) is 0 Å². The fourth-order valence-corrected chi connectivity index (χ4v) is 2.66. The largest absolute Gasteiger partial charge is 0.399 e. The predicted molar refractivity (Wildman–Crippen MR) is 67.9 cm³/mol. The first-order chi connectivity index (χ1) is 6.91. The smallest absolute Gasteiger partial charge is 0.0631 e. The van der Waals surface area contributed by atoms with Gasteiger partial charge in [0.1, 0.15) is 0 Å².